The molecule has 0 saturated heterocycles. The lowest BCUT2D eigenvalue weighted by Gasteiger charge is -2.13. The van der Waals surface area contributed by atoms with Crippen molar-refractivity contribution in [2.24, 2.45) is 0 Å². The lowest BCUT2D eigenvalue weighted by Crippen LogP contribution is -2.20. The van der Waals surface area contributed by atoms with Crippen molar-refractivity contribution < 1.29 is 17.9 Å². The second kappa shape index (κ2) is 7.28. The van der Waals surface area contributed by atoms with Crippen molar-refractivity contribution in [1.29, 1.82) is 0 Å². The molecule has 0 aliphatic heterocycles. The number of hydrogen-bond acceptors (Lipinski definition) is 5. The lowest BCUT2D eigenvalue weighted by molar-refractivity contribution is -0.141. The number of nitrogens with zero attached hydrogens (tertiary/aromatic N) is 3. The van der Waals surface area contributed by atoms with E-state index in [1.807, 2.05) is 25.9 Å². The summed E-state index contributed by atoms with van der Waals surface area (Å²) >= 11 is 0. The van der Waals surface area contributed by atoms with Crippen LogP contribution in [0.3, 0.4) is 0 Å². The summed E-state index contributed by atoms with van der Waals surface area (Å²) in [6.07, 6.45) is -3.76. The van der Waals surface area contributed by atoms with Crippen LogP contribution in [-0.2, 0) is 6.18 Å². The number of alkyl halides is 3. The van der Waals surface area contributed by atoms with Crippen molar-refractivity contribution in [2.75, 3.05) is 39.1 Å². The van der Waals surface area contributed by atoms with Crippen LogP contribution in [-0.4, -0.2) is 48.7 Å². The van der Waals surface area contributed by atoms with E-state index in [0.29, 0.717) is 13.1 Å². The highest BCUT2D eigenvalue weighted by atomic mass is 19.4. The fourth-order valence-corrected chi connectivity index (χ4v) is 1.29. The summed E-state index contributed by atoms with van der Waals surface area (Å²) in [5, 5.41) is 2.73. The van der Waals surface area contributed by atoms with Crippen LogP contribution >= 0.6 is 0 Å². The maximum Gasteiger partial charge on any atom is 0.433 e. The van der Waals surface area contributed by atoms with Crippen LogP contribution in [0.15, 0.2) is 6.07 Å². The van der Waals surface area contributed by atoms with E-state index in [1.54, 1.807) is 0 Å². The molecule has 8 heteroatoms. The summed E-state index contributed by atoms with van der Waals surface area (Å²) in [7, 11) is 3.69. The van der Waals surface area contributed by atoms with E-state index in [9.17, 15) is 13.2 Å². The minimum Gasteiger partial charge on any atom is -0.476 e. The molecule has 1 rings (SSSR count). The first-order valence-electron chi connectivity index (χ1n) is 6.30. The number of halogens is 3. The van der Waals surface area contributed by atoms with Gasteiger partial charge in [-0.25, -0.2) is 4.98 Å². The van der Waals surface area contributed by atoms with Crippen LogP contribution < -0.4 is 10.1 Å². The molecule has 0 aliphatic carbocycles. The van der Waals surface area contributed by atoms with Gasteiger partial charge < -0.3 is 15.0 Å². The standard InChI is InChI=1S/C12H19F3N4O/c1-4-5-16-11-17-9(12(13,14)15)8-10(18-11)20-7-6-19(2)3/h8H,4-7H2,1-3H3,(H,16,17,18). The molecule has 0 amide bonds. The summed E-state index contributed by atoms with van der Waals surface area (Å²) < 4.78 is 43.5. The predicted octanol–water partition coefficient (Wildman–Crippen LogP) is 2.26. The minimum atomic E-state index is -4.52. The van der Waals surface area contributed by atoms with Crippen molar-refractivity contribution in [3.05, 3.63) is 11.8 Å². The quantitative estimate of drug-likeness (QED) is 0.835. The molecule has 0 bridgehead atoms. The zero-order valence-electron chi connectivity index (χ0n) is 11.8. The molecule has 1 heterocycles. The number of nitrogens with one attached hydrogen (secondary N) is 1. The van der Waals surface area contributed by atoms with Crippen molar-refractivity contribution in [3.63, 3.8) is 0 Å². The van der Waals surface area contributed by atoms with Gasteiger partial charge in [0.15, 0.2) is 5.69 Å². The first kappa shape index (κ1) is 16.5. The number of rotatable bonds is 7. The second-order valence-electron chi connectivity index (χ2n) is 4.49. The number of ether oxygens (including phenoxy) is 1. The molecule has 0 saturated carbocycles. The Morgan fingerprint density at radius 2 is 2.00 bits per heavy atom. The fourth-order valence-electron chi connectivity index (χ4n) is 1.29. The normalized spacial score (nSPS) is 11.8. The highest BCUT2D eigenvalue weighted by Crippen LogP contribution is 2.30. The smallest absolute Gasteiger partial charge is 0.433 e. The van der Waals surface area contributed by atoms with Gasteiger partial charge in [-0.1, -0.05) is 6.92 Å². The Labute approximate surface area is 116 Å². The van der Waals surface area contributed by atoms with Crippen molar-refractivity contribution >= 4 is 5.95 Å². The second-order valence-corrected chi connectivity index (χ2v) is 4.49. The summed E-state index contributed by atoms with van der Waals surface area (Å²) in [5.41, 5.74) is -1.01. The monoisotopic (exact) mass is 292 g/mol. The SMILES string of the molecule is CCCNc1nc(OCCN(C)C)cc(C(F)(F)F)n1. The zero-order valence-corrected chi connectivity index (χ0v) is 11.8. The Hall–Kier alpha value is -1.57. The molecule has 0 spiro atoms. The lowest BCUT2D eigenvalue weighted by atomic mass is 10.4. The van der Waals surface area contributed by atoms with Crippen LogP contribution in [0.1, 0.15) is 19.0 Å². The molecule has 0 fully saturated rings. The predicted molar refractivity (Wildman–Crippen MR) is 69.9 cm³/mol. The Bertz CT molecular complexity index is 424. The van der Waals surface area contributed by atoms with Gasteiger partial charge in [0, 0.05) is 19.2 Å². The third kappa shape index (κ3) is 5.60. The Morgan fingerprint density at radius 3 is 2.55 bits per heavy atom. The summed E-state index contributed by atoms with van der Waals surface area (Å²) in [6.45, 7) is 3.24. The number of aromatic nitrogens is 2. The van der Waals surface area contributed by atoms with E-state index in [0.717, 1.165) is 12.5 Å². The van der Waals surface area contributed by atoms with E-state index in [4.69, 9.17) is 4.74 Å². The molecule has 20 heavy (non-hydrogen) atoms. The molecule has 0 aliphatic rings. The van der Waals surface area contributed by atoms with E-state index in [2.05, 4.69) is 15.3 Å². The average molecular weight is 292 g/mol. The number of likely N-dealkylation sites (N-methyl/N-ethyl adjacent to an activating group) is 1. The highest BCUT2D eigenvalue weighted by Gasteiger charge is 2.34. The van der Waals surface area contributed by atoms with Crippen molar-refractivity contribution in [1.82, 2.24) is 14.9 Å². The molecule has 1 N–H and O–H groups in total. The van der Waals surface area contributed by atoms with Gasteiger partial charge in [0.1, 0.15) is 6.61 Å². The molecular weight excluding hydrogens is 273 g/mol. The third-order valence-corrected chi connectivity index (χ3v) is 2.31. The van der Waals surface area contributed by atoms with Gasteiger partial charge >= 0.3 is 6.18 Å². The molecule has 1 aromatic rings. The first-order valence-corrected chi connectivity index (χ1v) is 6.30. The molecule has 0 unspecified atom stereocenters. The van der Waals surface area contributed by atoms with E-state index in [-0.39, 0.29) is 18.4 Å². The van der Waals surface area contributed by atoms with E-state index in [1.165, 1.54) is 0 Å². The van der Waals surface area contributed by atoms with Gasteiger partial charge in [-0.2, -0.15) is 18.2 Å². The van der Waals surface area contributed by atoms with Gasteiger partial charge in [0.25, 0.3) is 0 Å². The van der Waals surface area contributed by atoms with Gasteiger partial charge in [0.2, 0.25) is 11.8 Å². The summed E-state index contributed by atoms with van der Waals surface area (Å²) in [5.74, 6) is -0.144. The van der Waals surface area contributed by atoms with Crippen LogP contribution in [0.4, 0.5) is 19.1 Å². The van der Waals surface area contributed by atoms with Crippen molar-refractivity contribution in [2.45, 2.75) is 19.5 Å². The molecular formula is C12H19F3N4O. The highest BCUT2D eigenvalue weighted by molar-refractivity contribution is 5.31. The topological polar surface area (TPSA) is 50.3 Å². The van der Waals surface area contributed by atoms with E-state index >= 15 is 0 Å². The van der Waals surface area contributed by atoms with Gasteiger partial charge in [0.05, 0.1) is 0 Å². The van der Waals surface area contributed by atoms with Gasteiger partial charge in [-0.15, -0.1) is 0 Å². The van der Waals surface area contributed by atoms with Crippen LogP contribution in [0.25, 0.3) is 0 Å². The molecule has 0 atom stereocenters. The largest absolute Gasteiger partial charge is 0.476 e. The zero-order chi connectivity index (χ0) is 15.2. The van der Waals surface area contributed by atoms with Crippen LogP contribution in [0, 0.1) is 0 Å². The Morgan fingerprint density at radius 1 is 1.30 bits per heavy atom. The number of anilines is 1. The van der Waals surface area contributed by atoms with Crippen LogP contribution in [0.2, 0.25) is 0 Å². The summed E-state index contributed by atoms with van der Waals surface area (Å²) in [4.78, 5) is 9.23. The first-order chi connectivity index (χ1) is 9.32. The Kier molecular flexibility index (Phi) is 6.00. The molecule has 5 nitrogen and oxygen atoms in total. The van der Waals surface area contributed by atoms with Gasteiger partial charge in [-0.05, 0) is 20.5 Å². The van der Waals surface area contributed by atoms with E-state index < -0.39 is 11.9 Å². The third-order valence-electron chi connectivity index (χ3n) is 2.31. The average Bonchev–Trinajstić information content (AvgIpc) is 2.34. The maximum absolute atomic E-state index is 12.7. The molecule has 0 aromatic carbocycles. The minimum absolute atomic E-state index is 0.0680. The van der Waals surface area contributed by atoms with Gasteiger partial charge in [-0.3, -0.25) is 0 Å². The number of hydrogen-bond donors (Lipinski definition) is 1. The fraction of sp³-hybridized carbons (Fsp3) is 0.667. The molecule has 114 valence electrons. The van der Waals surface area contributed by atoms with Crippen LogP contribution in [0.5, 0.6) is 5.88 Å². The molecule has 0 radical (unpaired) electrons. The summed E-state index contributed by atoms with van der Waals surface area (Å²) in [6, 6.07) is 0.812. The van der Waals surface area contributed by atoms with Crippen molar-refractivity contribution in [3.8, 4) is 5.88 Å². The molecule has 1 aromatic heterocycles. The Balaban J connectivity index is 2.86. The maximum atomic E-state index is 12.7.